The summed E-state index contributed by atoms with van der Waals surface area (Å²) in [5.74, 6) is 0. The van der Waals surface area contributed by atoms with Gasteiger partial charge in [0.05, 0.1) is 5.41 Å². The van der Waals surface area contributed by atoms with Gasteiger partial charge in [-0.2, -0.15) is 0 Å². The first kappa shape index (κ1) is 30.9. The van der Waals surface area contributed by atoms with Crippen LogP contribution in [0.4, 0.5) is 0 Å². The van der Waals surface area contributed by atoms with Crippen molar-refractivity contribution < 1.29 is 4.79 Å². The maximum absolute atomic E-state index is 12.3. The molecule has 4 aromatic rings. The summed E-state index contributed by atoms with van der Waals surface area (Å²) >= 11 is 0. The number of hydrogen-bond acceptors (Lipinski definition) is 1. The second-order valence-electron chi connectivity index (χ2n) is 14.3. The minimum absolute atomic E-state index is 0.0545. The SMILES string of the molecule is [B]/C(C=CC1(C)CC(C=O)(c2ccc(-c3ccc(-c4ccc(C5(C)CC(C)(c6ccc([B])cc6)C5)cc4)cc3)cc2)C1)=C/C=C. The van der Waals surface area contributed by atoms with E-state index in [1.165, 1.54) is 22.3 Å². The molecule has 2 aliphatic carbocycles. The molecule has 0 saturated heterocycles. The zero-order chi connectivity index (χ0) is 31.9. The first-order valence-corrected chi connectivity index (χ1v) is 15.9. The number of aldehydes is 1. The summed E-state index contributed by atoms with van der Waals surface area (Å²) in [6.45, 7) is 10.6. The Morgan fingerprint density at radius 1 is 0.644 bits per heavy atom. The summed E-state index contributed by atoms with van der Waals surface area (Å²) in [6.07, 6.45) is 12.4. The lowest BCUT2D eigenvalue weighted by Crippen LogP contribution is -2.49. The maximum atomic E-state index is 12.3. The Kier molecular flexibility index (Phi) is 8.02. The van der Waals surface area contributed by atoms with Crippen LogP contribution >= 0.6 is 0 Å². The molecule has 4 radical (unpaired) electrons. The Morgan fingerprint density at radius 3 is 1.47 bits per heavy atom. The average Bonchev–Trinajstić information content (AvgIpc) is 3.02. The first-order valence-electron chi connectivity index (χ1n) is 15.9. The van der Waals surface area contributed by atoms with Crippen molar-refractivity contribution >= 4 is 27.4 Å². The molecule has 6 rings (SSSR count). The smallest absolute Gasteiger partial charge is 0.130 e. The Bertz CT molecular complexity index is 1740. The van der Waals surface area contributed by atoms with Crippen LogP contribution in [0.5, 0.6) is 0 Å². The molecule has 0 heterocycles. The average molecular weight is 582 g/mol. The van der Waals surface area contributed by atoms with E-state index in [4.69, 9.17) is 15.7 Å². The fourth-order valence-electron chi connectivity index (χ4n) is 8.23. The Hall–Kier alpha value is -4.10. The zero-order valence-corrected chi connectivity index (χ0v) is 26.7. The van der Waals surface area contributed by atoms with E-state index in [0.717, 1.165) is 54.1 Å². The van der Waals surface area contributed by atoms with Gasteiger partial charge in [-0.3, -0.25) is 0 Å². The summed E-state index contributed by atoms with van der Waals surface area (Å²) in [4.78, 5) is 12.3. The zero-order valence-electron chi connectivity index (χ0n) is 26.7. The topological polar surface area (TPSA) is 17.1 Å². The molecule has 3 heteroatoms. The van der Waals surface area contributed by atoms with Gasteiger partial charge in [-0.05, 0) is 80.9 Å². The maximum Gasteiger partial charge on any atom is 0.130 e. The number of rotatable bonds is 9. The van der Waals surface area contributed by atoms with Crippen LogP contribution in [-0.2, 0) is 21.0 Å². The third-order valence-electron chi connectivity index (χ3n) is 10.4. The molecule has 0 spiro atoms. The van der Waals surface area contributed by atoms with E-state index in [9.17, 15) is 4.79 Å². The molecular weight excluding hydrogens is 542 g/mol. The summed E-state index contributed by atoms with van der Waals surface area (Å²) in [7, 11) is 11.9. The van der Waals surface area contributed by atoms with Crippen LogP contribution in [0.1, 0.15) is 63.1 Å². The van der Waals surface area contributed by atoms with E-state index >= 15 is 0 Å². The number of carbonyl (C=O) groups excluding carboxylic acids is 1. The number of carbonyl (C=O) groups is 1. The lowest BCUT2D eigenvalue weighted by Gasteiger charge is -2.54. The van der Waals surface area contributed by atoms with Crippen molar-refractivity contribution in [2.45, 2.75) is 62.7 Å². The van der Waals surface area contributed by atoms with E-state index < -0.39 is 5.41 Å². The van der Waals surface area contributed by atoms with E-state index in [1.54, 1.807) is 12.2 Å². The van der Waals surface area contributed by atoms with E-state index in [0.29, 0.717) is 5.47 Å². The monoisotopic (exact) mass is 582 g/mol. The van der Waals surface area contributed by atoms with Gasteiger partial charge in [-0.1, -0.05) is 160 Å². The second-order valence-corrected chi connectivity index (χ2v) is 14.3. The second kappa shape index (κ2) is 11.7. The highest BCUT2D eigenvalue weighted by atomic mass is 16.1. The van der Waals surface area contributed by atoms with Gasteiger partial charge in [0.1, 0.15) is 22.0 Å². The molecule has 220 valence electrons. The number of hydrogen-bond donors (Lipinski definition) is 0. The van der Waals surface area contributed by atoms with Crippen molar-refractivity contribution in [1.29, 1.82) is 0 Å². The highest BCUT2D eigenvalue weighted by Gasteiger charge is 2.52. The molecule has 4 aromatic carbocycles. The number of allylic oxidation sites excluding steroid dienone is 5. The molecule has 0 amide bonds. The molecule has 2 saturated carbocycles. The van der Waals surface area contributed by atoms with Gasteiger partial charge in [0.25, 0.3) is 0 Å². The minimum Gasteiger partial charge on any atom is -0.302 e. The van der Waals surface area contributed by atoms with Crippen LogP contribution < -0.4 is 5.46 Å². The molecule has 0 bridgehead atoms. The predicted octanol–water partition coefficient (Wildman–Crippen LogP) is 8.86. The fourth-order valence-corrected chi connectivity index (χ4v) is 8.23. The summed E-state index contributed by atoms with van der Waals surface area (Å²) in [5.41, 5.74) is 9.95. The first-order chi connectivity index (χ1) is 21.5. The molecule has 0 atom stereocenters. The quantitative estimate of drug-likeness (QED) is 0.110. The Labute approximate surface area is 272 Å². The normalized spacial score (nSPS) is 27.8. The molecule has 0 unspecified atom stereocenters. The van der Waals surface area contributed by atoms with Crippen molar-refractivity contribution in [1.82, 2.24) is 0 Å². The molecule has 0 aromatic heterocycles. The van der Waals surface area contributed by atoms with Gasteiger partial charge in [0, 0.05) is 0 Å². The molecule has 2 fully saturated rings. The lowest BCUT2D eigenvalue weighted by atomic mass is 9.50. The third kappa shape index (κ3) is 5.98. The summed E-state index contributed by atoms with van der Waals surface area (Å²) in [5, 5.41) is 0. The molecule has 1 nitrogen and oxygen atoms in total. The van der Waals surface area contributed by atoms with Crippen molar-refractivity contribution in [3.8, 4) is 22.3 Å². The molecule has 0 aliphatic heterocycles. The van der Waals surface area contributed by atoms with Crippen LogP contribution in [0, 0.1) is 5.41 Å². The summed E-state index contributed by atoms with van der Waals surface area (Å²) < 4.78 is 0. The Morgan fingerprint density at radius 2 is 1.04 bits per heavy atom. The highest BCUT2D eigenvalue weighted by molar-refractivity contribution is 6.32. The molecular formula is C42H40B2O. The van der Waals surface area contributed by atoms with E-state index in [-0.39, 0.29) is 16.2 Å². The predicted molar refractivity (Wildman–Crippen MR) is 191 cm³/mol. The van der Waals surface area contributed by atoms with Crippen LogP contribution in [0.2, 0.25) is 0 Å². The van der Waals surface area contributed by atoms with Crippen LogP contribution in [0.25, 0.3) is 22.3 Å². The van der Waals surface area contributed by atoms with Gasteiger partial charge in [-0.15, -0.1) is 0 Å². The number of benzene rings is 4. The van der Waals surface area contributed by atoms with Gasteiger partial charge < -0.3 is 4.79 Å². The van der Waals surface area contributed by atoms with Gasteiger partial charge >= 0.3 is 0 Å². The van der Waals surface area contributed by atoms with E-state index in [2.05, 4.69) is 118 Å². The molecule has 45 heavy (non-hydrogen) atoms. The largest absolute Gasteiger partial charge is 0.302 e. The van der Waals surface area contributed by atoms with Crippen molar-refractivity contribution in [2.24, 2.45) is 5.41 Å². The molecule has 0 N–H and O–H groups in total. The van der Waals surface area contributed by atoms with Crippen molar-refractivity contribution in [3.05, 3.63) is 150 Å². The van der Waals surface area contributed by atoms with Gasteiger partial charge in [0.15, 0.2) is 0 Å². The summed E-state index contributed by atoms with van der Waals surface area (Å²) in [6, 6.07) is 34.8. The standard InChI is InChI=1S/C42H40B2O/c1-5-6-37(43)23-24-39(2)25-42(26-39,29-45)36-17-13-33(14-18-36)31-9-7-30(8-10-31)32-11-15-34(16-12-32)40(3)27-41(4,28-40)35-19-21-38(44)22-20-35/h5-24,29H,1,25-28H2,2-4H3/b24-23?,37-6+. The third-order valence-corrected chi connectivity index (χ3v) is 10.4. The van der Waals surface area contributed by atoms with Gasteiger partial charge in [-0.25, -0.2) is 0 Å². The van der Waals surface area contributed by atoms with E-state index in [1.807, 2.05) is 18.2 Å². The van der Waals surface area contributed by atoms with Crippen LogP contribution in [0.3, 0.4) is 0 Å². The van der Waals surface area contributed by atoms with Gasteiger partial charge in [0.2, 0.25) is 0 Å². The fraction of sp³-hybridized carbons (Fsp3) is 0.262. The molecule has 2 aliphatic rings. The van der Waals surface area contributed by atoms with Crippen LogP contribution in [-0.4, -0.2) is 22.0 Å². The minimum atomic E-state index is -0.449. The highest BCUT2D eigenvalue weighted by Crippen LogP contribution is 2.57. The van der Waals surface area contributed by atoms with Crippen molar-refractivity contribution in [2.75, 3.05) is 0 Å². The van der Waals surface area contributed by atoms with Crippen molar-refractivity contribution in [3.63, 3.8) is 0 Å². The lowest BCUT2D eigenvalue weighted by molar-refractivity contribution is -0.118. The Balaban J connectivity index is 1.10. The van der Waals surface area contributed by atoms with Crippen LogP contribution in [0.15, 0.2) is 133 Å².